The largest absolute Gasteiger partial charge is 0.369 e. The third-order valence-electron chi connectivity index (χ3n) is 1.94. The van der Waals surface area contributed by atoms with Crippen LogP contribution in [0.5, 0.6) is 0 Å². The summed E-state index contributed by atoms with van der Waals surface area (Å²) in [4.78, 5) is 0. The van der Waals surface area contributed by atoms with Gasteiger partial charge in [-0.05, 0) is 29.8 Å². The highest BCUT2D eigenvalue weighted by Crippen LogP contribution is 2.21. The van der Waals surface area contributed by atoms with E-state index in [4.69, 9.17) is 4.74 Å². The highest BCUT2D eigenvalue weighted by Gasteiger charge is 2.12. The molecule has 0 bridgehead atoms. The molecule has 0 fully saturated rings. The molecule has 0 saturated heterocycles. The summed E-state index contributed by atoms with van der Waals surface area (Å²) < 4.78 is 31.2. The highest BCUT2D eigenvalue weighted by molar-refractivity contribution is 9.10. The molecule has 0 aliphatic carbocycles. The standard InChI is InChI=1S/C9H13BrF2N2O/c1-3-14-7(4-15-5-8(11)12)9(10)6(2)13-14/h8H,3-5H2,1-2H3. The average molecular weight is 283 g/mol. The van der Waals surface area contributed by atoms with E-state index in [1.165, 1.54) is 0 Å². The SMILES string of the molecule is CCn1nc(C)c(Br)c1COCC(F)F. The molecule has 0 radical (unpaired) electrons. The summed E-state index contributed by atoms with van der Waals surface area (Å²) in [5.41, 5.74) is 1.64. The number of halogens is 3. The second-order valence-corrected chi connectivity index (χ2v) is 3.86. The molecule has 1 heterocycles. The second-order valence-electron chi connectivity index (χ2n) is 3.07. The molecular weight excluding hydrogens is 270 g/mol. The molecule has 1 aromatic rings. The maximum absolute atomic E-state index is 11.9. The van der Waals surface area contributed by atoms with Gasteiger partial charge in [-0.3, -0.25) is 4.68 Å². The lowest BCUT2D eigenvalue weighted by molar-refractivity contribution is 0.00753. The summed E-state index contributed by atoms with van der Waals surface area (Å²) in [5, 5.41) is 4.23. The number of alkyl halides is 2. The van der Waals surface area contributed by atoms with E-state index < -0.39 is 13.0 Å². The van der Waals surface area contributed by atoms with Crippen molar-refractivity contribution in [3.63, 3.8) is 0 Å². The van der Waals surface area contributed by atoms with Crippen LogP contribution in [-0.2, 0) is 17.9 Å². The number of hydrogen-bond donors (Lipinski definition) is 0. The Labute approximate surface area is 95.5 Å². The Morgan fingerprint density at radius 2 is 2.20 bits per heavy atom. The van der Waals surface area contributed by atoms with E-state index in [2.05, 4.69) is 21.0 Å². The molecule has 0 atom stereocenters. The Morgan fingerprint density at radius 1 is 1.53 bits per heavy atom. The first-order valence-corrected chi connectivity index (χ1v) is 5.43. The first kappa shape index (κ1) is 12.6. The van der Waals surface area contributed by atoms with E-state index in [0.717, 1.165) is 15.9 Å². The Hall–Kier alpha value is -0.490. The van der Waals surface area contributed by atoms with Gasteiger partial charge in [0.05, 0.1) is 22.5 Å². The molecule has 86 valence electrons. The zero-order valence-corrected chi connectivity index (χ0v) is 10.2. The summed E-state index contributed by atoms with van der Waals surface area (Å²) in [5.74, 6) is 0. The highest BCUT2D eigenvalue weighted by atomic mass is 79.9. The molecule has 0 unspecified atom stereocenters. The smallest absolute Gasteiger partial charge is 0.261 e. The Kier molecular flexibility index (Phi) is 4.66. The molecule has 0 aromatic carbocycles. The van der Waals surface area contributed by atoms with Gasteiger partial charge < -0.3 is 4.74 Å². The third kappa shape index (κ3) is 3.24. The van der Waals surface area contributed by atoms with Crippen LogP contribution in [-0.4, -0.2) is 22.8 Å². The van der Waals surface area contributed by atoms with Crippen molar-refractivity contribution in [3.05, 3.63) is 15.9 Å². The maximum atomic E-state index is 11.9. The Bertz CT molecular complexity index is 328. The van der Waals surface area contributed by atoms with E-state index in [9.17, 15) is 8.78 Å². The van der Waals surface area contributed by atoms with Crippen LogP contribution in [0, 0.1) is 6.92 Å². The van der Waals surface area contributed by atoms with Crippen molar-refractivity contribution in [3.8, 4) is 0 Å². The molecule has 15 heavy (non-hydrogen) atoms. The second kappa shape index (κ2) is 5.55. The minimum atomic E-state index is -2.43. The fraction of sp³-hybridized carbons (Fsp3) is 0.667. The molecule has 1 rings (SSSR count). The quantitative estimate of drug-likeness (QED) is 0.830. The van der Waals surface area contributed by atoms with Crippen molar-refractivity contribution in [2.24, 2.45) is 0 Å². The van der Waals surface area contributed by atoms with E-state index in [1.807, 2.05) is 13.8 Å². The monoisotopic (exact) mass is 282 g/mol. The van der Waals surface area contributed by atoms with Crippen molar-refractivity contribution >= 4 is 15.9 Å². The maximum Gasteiger partial charge on any atom is 0.261 e. The fourth-order valence-corrected chi connectivity index (χ4v) is 1.65. The van der Waals surface area contributed by atoms with Gasteiger partial charge in [0.1, 0.15) is 6.61 Å². The van der Waals surface area contributed by atoms with Crippen LogP contribution >= 0.6 is 15.9 Å². The van der Waals surface area contributed by atoms with Gasteiger partial charge >= 0.3 is 0 Å². The zero-order chi connectivity index (χ0) is 11.4. The number of nitrogens with zero attached hydrogens (tertiary/aromatic N) is 2. The molecule has 0 spiro atoms. The topological polar surface area (TPSA) is 27.1 Å². The van der Waals surface area contributed by atoms with E-state index >= 15 is 0 Å². The molecule has 0 aliphatic rings. The minimum Gasteiger partial charge on any atom is -0.369 e. The van der Waals surface area contributed by atoms with E-state index in [1.54, 1.807) is 4.68 Å². The van der Waals surface area contributed by atoms with Crippen molar-refractivity contribution < 1.29 is 13.5 Å². The first-order valence-electron chi connectivity index (χ1n) is 4.64. The first-order chi connectivity index (χ1) is 7.06. The van der Waals surface area contributed by atoms with Crippen molar-refractivity contribution in [1.29, 1.82) is 0 Å². The number of hydrogen-bond acceptors (Lipinski definition) is 2. The van der Waals surface area contributed by atoms with Gasteiger partial charge in [0.15, 0.2) is 0 Å². The van der Waals surface area contributed by atoms with Gasteiger partial charge in [-0.25, -0.2) is 8.78 Å². The Balaban J connectivity index is 2.66. The van der Waals surface area contributed by atoms with Gasteiger partial charge in [-0.15, -0.1) is 0 Å². The zero-order valence-electron chi connectivity index (χ0n) is 8.64. The predicted molar refractivity (Wildman–Crippen MR) is 56.0 cm³/mol. The molecule has 6 heteroatoms. The number of aryl methyl sites for hydroxylation is 2. The lowest BCUT2D eigenvalue weighted by atomic mass is 10.4. The summed E-state index contributed by atoms with van der Waals surface area (Å²) in [7, 11) is 0. The van der Waals surface area contributed by atoms with Crippen LogP contribution in [0.3, 0.4) is 0 Å². The lowest BCUT2D eigenvalue weighted by Crippen LogP contribution is -2.09. The normalized spacial score (nSPS) is 11.3. The lowest BCUT2D eigenvalue weighted by Gasteiger charge is -2.06. The van der Waals surface area contributed by atoms with Gasteiger partial charge in [-0.2, -0.15) is 5.10 Å². The summed E-state index contributed by atoms with van der Waals surface area (Å²) >= 11 is 3.36. The van der Waals surface area contributed by atoms with Crippen LogP contribution in [0.4, 0.5) is 8.78 Å². The van der Waals surface area contributed by atoms with E-state index in [-0.39, 0.29) is 6.61 Å². The minimum absolute atomic E-state index is 0.152. The van der Waals surface area contributed by atoms with E-state index in [0.29, 0.717) is 6.54 Å². The van der Waals surface area contributed by atoms with Gasteiger partial charge in [0.2, 0.25) is 0 Å². The van der Waals surface area contributed by atoms with Crippen molar-refractivity contribution in [1.82, 2.24) is 9.78 Å². The predicted octanol–water partition coefficient (Wildman–Crippen LogP) is 2.76. The van der Waals surface area contributed by atoms with Crippen LogP contribution < -0.4 is 0 Å². The van der Waals surface area contributed by atoms with Crippen LogP contribution in [0.25, 0.3) is 0 Å². The summed E-state index contributed by atoms with van der Waals surface area (Å²) in [6.07, 6.45) is -2.43. The van der Waals surface area contributed by atoms with Crippen molar-refractivity contribution in [2.75, 3.05) is 6.61 Å². The molecule has 1 aromatic heterocycles. The van der Waals surface area contributed by atoms with Gasteiger partial charge in [0.25, 0.3) is 6.43 Å². The molecular formula is C9H13BrF2N2O. The average Bonchev–Trinajstić information content (AvgIpc) is 2.44. The summed E-state index contributed by atoms with van der Waals surface area (Å²) in [6, 6.07) is 0. The third-order valence-corrected chi connectivity index (χ3v) is 2.97. The van der Waals surface area contributed by atoms with Crippen LogP contribution in [0.1, 0.15) is 18.3 Å². The Morgan fingerprint density at radius 3 is 2.73 bits per heavy atom. The fourth-order valence-electron chi connectivity index (χ4n) is 1.25. The summed E-state index contributed by atoms with van der Waals surface area (Å²) in [6.45, 7) is 4.10. The molecule has 0 saturated carbocycles. The van der Waals surface area contributed by atoms with Crippen LogP contribution in [0.2, 0.25) is 0 Å². The van der Waals surface area contributed by atoms with Crippen LogP contribution in [0.15, 0.2) is 4.47 Å². The van der Waals surface area contributed by atoms with Gasteiger partial charge in [0, 0.05) is 6.54 Å². The number of ether oxygens (including phenoxy) is 1. The van der Waals surface area contributed by atoms with Gasteiger partial charge in [-0.1, -0.05) is 0 Å². The molecule has 0 aliphatic heterocycles. The van der Waals surface area contributed by atoms with Crippen molar-refractivity contribution in [2.45, 2.75) is 33.4 Å². The molecule has 3 nitrogen and oxygen atoms in total. The number of rotatable bonds is 5. The number of aromatic nitrogens is 2. The molecule has 0 amide bonds. The molecule has 0 N–H and O–H groups in total.